The molecule has 5 aromatic rings. The molecule has 0 saturated carbocycles. The first kappa shape index (κ1) is 42.4. The maximum Gasteiger partial charge on any atom is 0.173 e. The van der Waals surface area contributed by atoms with Gasteiger partial charge in [0.15, 0.2) is 5.75 Å². The summed E-state index contributed by atoms with van der Waals surface area (Å²) in [6.45, 7) is 7.29. The third-order valence-corrected chi connectivity index (χ3v) is 9.33. The van der Waals surface area contributed by atoms with Crippen molar-refractivity contribution < 1.29 is 19.6 Å². The highest BCUT2D eigenvalue weighted by Gasteiger charge is 2.10. The quantitative estimate of drug-likeness (QED) is 0.0235. The van der Waals surface area contributed by atoms with Gasteiger partial charge in [-0.2, -0.15) is 25.3 Å². The molecule has 0 heterocycles. The van der Waals surface area contributed by atoms with Gasteiger partial charge >= 0.3 is 0 Å². The Bertz CT molecular complexity index is 2040. The minimum Gasteiger partial charge on any atom is -0.494 e. The maximum atomic E-state index is 10.3. The number of aliphatic hydroxyl groups is 1. The number of nitrogens with zero attached hydrogens (tertiary/aromatic N) is 4. The lowest BCUT2D eigenvalue weighted by Gasteiger charge is -2.11. The zero-order valence-electron chi connectivity index (χ0n) is 33.6. The van der Waals surface area contributed by atoms with Gasteiger partial charge in [0.2, 0.25) is 0 Å². The minimum absolute atomic E-state index is 0.136. The Morgan fingerprint density at radius 2 is 1.04 bits per heavy atom. The molecule has 296 valence electrons. The summed E-state index contributed by atoms with van der Waals surface area (Å²) < 4.78 is 5.83. The van der Waals surface area contributed by atoms with Gasteiger partial charge < -0.3 is 14.7 Å². The third kappa shape index (κ3) is 14.7. The standard InChI is InChI=1S/C49H56N4O4/c1-4-7-9-11-13-38-16-24-44(25-17-38)50-51-45-26-18-39(19-27-45)14-22-41-36-49(57-56-6-3)42(35-43(41)37-54)23-15-40-20-28-46(29-21-40)52-53-47-30-32-48(33-31-47)55-34-12-10-8-5-2/h14-33,35-36,54H,4-13,34,37H2,1-3H3/b22-14+,23-15+,51-50?,53-52?. The third-order valence-electron chi connectivity index (χ3n) is 9.33. The molecule has 8 heteroatoms. The normalized spacial score (nSPS) is 11.8. The van der Waals surface area contributed by atoms with Gasteiger partial charge in [-0.1, -0.05) is 113 Å². The van der Waals surface area contributed by atoms with Crippen molar-refractivity contribution in [1.29, 1.82) is 0 Å². The molecule has 0 radical (unpaired) electrons. The molecule has 0 bridgehead atoms. The molecule has 0 aliphatic heterocycles. The molecule has 0 aliphatic carbocycles. The van der Waals surface area contributed by atoms with Gasteiger partial charge in [0.25, 0.3) is 0 Å². The van der Waals surface area contributed by atoms with Crippen molar-refractivity contribution in [1.82, 2.24) is 0 Å². The Labute approximate surface area is 338 Å². The largest absolute Gasteiger partial charge is 0.494 e. The highest BCUT2D eigenvalue weighted by Crippen LogP contribution is 2.29. The van der Waals surface area contributed by atoms with E-state index in [0.29, 0.717) is 12.4 Å². The van der Waals surface area contributed by atoms with Gasteiger partial charge in [0.05, 0.1) is 42.6 Å². The van der Waals surface area contributed by atoms with E-state index >= 15 is 0 Å². The Hall–Kier alpha value is -5.70. The molecule has 0 spiro atoms. The summed E-state index contributed by atoms with van der Waals surface area (Å²) >= 11 is 0. The van der Waals surface area contributed by atoms with Crippen molar-refractivity contribution in [3.63, 3.8) is 0 Å². The van der Waals surface area contributed by atoms with Crippen molar-refractivity contribution in [3.05, 3.63) is 143 Å². The number of benzene rings is 5. The molecule has 0 fully saturated rings. The van der Waals surface area contributed by atoms with Crippen LogP contribution in [0.15, 0.2) is 130 Å². The first-order chi connectivity index (χ1) is 28.1. The average molecular weight is 765 g/mol. The van der Waals surface area contributed by atoms with Crippen LogP contribution in [-0.4, -0.2) is 18.3 Å². The number of hydrogen-bond acceptors (Lipinski definition) is 8. The first-order valence-electron chi connectivity index (χ1n) is 20.4. The topological polar surface area (TPSA) is 97.4 Å². The Balaban J connectivity index is 1.19. The Morgan fingerprint density at radius 1 is 0.526 bits per heavy atom. The van der Waals surface area contributed by atoms with Gasteiger partial charge in [-0.3, -0.25) is 0 Å². The molecule has 5 rings (SSSR count). The number of ether oxygens (including phenoxy) is 1. The van der Waals surface area contributed by atoms with Crippen LogP contribution in [0, 0.1) is 0 Å². The van der Waals surface area contributed by atoms with Gasteiger partial charge in [-0.05, 0) is 127 Å². The molecule has 5 aromatic carbocycles. The maximum absolute atomic E-state index is 10.3. The van der Waals surface area contributed by atoms with Crippen molar-refractivity contribution >= 4 is 47.1 Å². The summed E-state index contributed by atoms with van der Waals surface area (Å²) in [6.07, 6.45) is 18.7. The fraction of sp³-hybridized carbons (Fsp3) is 0.306. The highest BCUT2D eigenvalue weighted by atomic mass is 17.2. The lowest BCUT2D eigenvalue weighted by atomic mass is 10.0. The molecule has 0 unspecified atom stereocenters. The predicted molar refractivity (Wildman–Crippen MR) is 234 cm³/mol. The number of aryl methyl sites for hydroxylation is 1. The van der Waals surface area contributed by atoms with Gasteiger partial charge in [0, 0.05) is 5.56 Å². The van der Waals surface area contributed by atoms with Crippen LogP contribution in [0.25, 0.3) is 24.3 Å². The average Bonchev–Trinajstić information content (AvgIpc) is 3.25. The summed E-state index contributed by atoms with van der Waals surface area (Å²) in [7, 11) is 0. The summed E-state index contributed by atoms with van der Waals surface area (Å²) in [5.41, 5.74) is 8.77. The van der Waals surface area contributed by atoms with Crippen LogP contribution < -0.4 is 9.62 Å². The zero-order chi connectivity index (χ0) is 39.9. The number of unbranched alkanes of at least 4 members (excludes halogenated alkanes) is 6. The summed E-state index contributed by atoms with van der Waals surface area (Å²) in [6, 6.07) is 35.5. The first-order valence-corrected chi connectivity index (χ1v) is 20.4. The molecule has 0 aromatic heterocycles. The minimum atomic E-state index is -0.136. The van der Waals surface area contributed by atoms with E-state index in [2.05, 4.69) is 46.4 Å². The van der Waals surface area contributed by atoms with Crippen LogP contribution in [0.3, 0.4) is 0 Å². The van der Waals surface area contributed by atoms with E-state index in [4.69, 9.17) is 14.5 Å². The molecule has 8 nitrogen and oxygen atoms in total. The van der Waals surface area contributed by atoms with E-state index in [1.807, 2.05) is 128 Å². The van der Waals surface area contributed by atoms with Gasteiger partial charge in [-0.15, -0.1) is 0 Å². The lowest BCUT2D eigenvalue weighted by Crippen LogP contribution is -2.00. The second-order valence-electron chi connectivity index (χ2n) is 13.9. The fourth-order valence-electron chi connectivity index (χ4n) is 6.00. The van der Waals surface area contributed by atoms with Crippen LogP contribution in [0.1, 0.15) is 106 Å². The fourth-order valence-corrected chi connectivity index (χ4v) is 6.00. The van der Waals surface area contributed by atoms with Gasteiger partial charge in [-0.25, -0.2) is 0 Å². The number of azo groups is 2. The van der Waals surface area contributed by atoms with Crippen LogP contribution in [-0.2, 0) is 17.9 Å². The van der Waals surface area contributed by atoms with Crippen LogP contribution >= 0.6 is 0 Å². The molecule has 0 atom stereocenters. The second-order valence-corrected chi connectivity index (χ2v) is 13.9. The van der Waals surface area contributed by atoms with Crippen LogP contribution in [0.5, 0.6) is 11.5 Å². The van der Waals surface area contributed by atoms with E-state index < -0.39 is 0 Å². The van der Waals surface area contributed by atoms with E-state index in [-0.39, 0.29) is 6.61 Å². The number of rotatable bonds is 23. The zero-order valence-corrected chi connectivity index (χ0v) is 33.6. The van der Waals surface area contributed by atoms with E-state index in [1.165, 1.54) is 50.5 Å². The number of aliphatic hydroxyl groups excluding tert-OH is 1. The van der Waals surface area contributed by atoms with Crippen molar-refractivity contribution in [2.45, 2.75) is 85.2 Å². The smallest absolute Gasteiger partial charge is 0.173 e. The Morgan fingerprint density at radius 3 is 1.56 bits per heavy atom. The van der Waals surface area contributed by atoms with Crippen molar-refractivity contribution in [3.8, 4) is 11.5 Å². The molecule has 0 saturated heterocycles. The van der Waals surface area contributed by atoms with Crippen molar-refractivity contribution in [2.24, 2.45) is 20.5 Å². The lowest BCUT2D eigenvalue weighted by molar-refractivity contribution is -0.202. The Kier molecular flexibility index (Phi) is 17.9. The van der Waals surface area contributed by atoms with E-state index in [9.17, 15) is 5.11 Å². The monoisotopic (exact) mass is 764 g/mol. The van der Waals surface area contributed by atoms with E-state index in [1.54, 1.807) is 0 Å². The molecular weight excluding hydrogens is 709 g/mol. The van der Waals surface area contributed by atoms with Crippen LogP contribution in [0.4, 0.5) is 22.7 Å². The number of hydrogen-bond donors (Lipinski definition) is 1. The van der Waals surface area contributed by atoms with Crippen LogP contribution in [0.2, 0.25) is 0 Å². The molecular formula is C49H56N4O4. The molecule has 57 heavy (non-hydrogen) atoms. The van der Waals surface area contributed by atoms with Crippen molar-refractivity contribution in [2.75, 3.05) is 13.2 Å². The molecule has 0 amide bonds. The highest BCUT2D eigenvalue weighted by molar-refractivity contribution is 5.78. The summed E-state index contributed by atoms with van der Waals surface area (Å²) in [5, 5.41) is 27.9. The predicted octanol–water partition coefficient (Wildman–Crippen LogP) is 14.8. The summed E-state index contributed by atoms with van der Waals surface area (Å²) in [4.78, 5) is 11.0. The second kappa shape index (κ2) is 24.0. The SMILES string of the molecule is CCCCCCOc1ccc(N=Nc2ccc(/C=C/c3cc(CO)c(/C=C/c4ccc(N=Nc5ccc(CCCCCC)cc5)cc4)cc3OOCC)cc2)cc1. The summed E-state index contributed by atoms with van der Waals surface area (Å²) in [5.74, 6) is 1.39. The molecule has 1 N–H and O–H groups in total. The van der Waals surface area contributed by atoms with Gasteiger partial charge in [0.1, 0.15) is 5.75 Å². The molecule has 0 aliphatic rings. The van der Waals surface area contributed by atoms with E-state index in [0.717, 1.165) is 75.8 Å².